The van der Waals surface area contributed by atoms with Crippen molar-refractivity contribution in [2.75, 3.05) is 11.6 Å². The molecule has 2 aromatic heterocycles. The van der Waals surface area contributed by atoms with E-state index in [9.17, 15) is 14.4 Å². The van der Waals surface area contributed by atoms with Gasteiger partial charge < -0.3 is 24.5 Å². The summed E-state index contributed by atoms with van der Waals surface area (Å²) in [5.41, 5.74) is 7.76. The van der Waals surface area contributed by atoms with Crippen molar-refractivity contribution in [3.05, 3.63) is 30.5 Å². The molecule has 0 spiro atoms. The van der Waals surface area contributed by atoms with Gasteiger partial charge in [0, 0.05) is 12.4 Å². The Hall–Kier alpha value is -1.79. The molecular formula is C14H15ClN3O4P. The number of fused-ring (bicyclic) bond motifs is 1. The van der Waals surface area contributed by atoms with Gasteiger partial charge in [-0.2, -0.15) is 0 Å². The lowest BCUT2D eigenvalue weighted by Gasteiger charge is -2.08. The zero-order chi connectivity index (χ0) is 16.6. The van der Waals surface area contributed by atoms with Gasteiger partial charge in [-0.3, -0.25) is 4.57 Å². The summed E-state index contributed by atoms with van der Waals surface area (Å²) < 4.78 is 18.8. The van der Waals surface area contributed by atoms with Crippen molar-refractivity contribution in [2.24, 2.45) is 0 Å². The van der Waals surface area contributed by atoms with E-state index in [2.05, 4.69) is 4.98 Å². The van der Waals surface area contributed by atoms with Gasteiger partial charge in [0.15, 0.2) is 11.6 Å². The number of nitrogens with two attached hydrogens (primary N) is 1. The van der Waals surface area contributed by atoms with Crippen LogP contribution in [0.3, 0.4) is 0 Å². The Balaban J connectivity index is 2.27. The predicted molar refractivity (Wildman–Crippen MR) is 88.9 cm³/mol. The van der Waals surface area contributed by atoms with Crippen LogP contribution in [0.25, 0.3) is 22.6 Å². The quantitative estimate of drug-likeness (QED) is 0.367. The minimum absolute atomic E-state index is 0.0449. The average molecular weight is 356 g/mol. The summed E-state index contributed by atoms with van der Waals surface area (Å²) in [5.74, 6) is 0.820. The highest BCUT2D eigenvalue weighted by Crippen LogP contribution is 2.39. The third-order valence-electron chi connectivity index (χ3n) is 3.49. The first-order valence-corrected chi connectivity index (χ1v) is 9.03. The molecule has 2 heterocycles. The first-order chi connectivity index (χ1) is 10.9. The molecule has 0 saturated carbocycles. The van der Waals surface area contributed by atoms with Crippen LogP contribution in [0.5, 0.6) is 0 Å². The van der Waals surface area contributed by atoms with Gasteiger partial charge in [-0.1, -0.05) is 6.07 Å². The van der Waals surface area contributed by atoms with Crippen LogP contribution in [0, 0.1) is 0 Å². The summed E-state index contributed by atoms with van der Waals surface area (Å²) in [6, 6.07) is 6.62. The van der Waals surface area contributed by atoms with Crippen molar-refractivity contribution in [2.45, 2.75) is 13.0 Å². The molecule has 0 aliphatic carbocycles. The lowest BCUT2D eigenvalue weighted by Crippen LogP contribution is -2.08. The van der Waals surface area contributed by atoms with E-state index >= 15 is 0 Å². The Morgan fingerprint density at radius 2 is 2.13 bits per heavy atom. The molecule has 0 unspecified atom stereocenters. The Labute approximate surface area is 136 Å². The highest BCUT2D eigenvalue weighted by molar-refractivity contribution is 7.60. The molecule has 3 rings (SSSR count). The molecule has 3 aromatic rings. The number of imidazole rings is 1. The Morgan fingerprint density at radius 3 is 2.83 bits per heavy atom. The van der Waals surface area contributed by atoms with Crippen LogP contribution in [0.4, 0.5) is 5.69 Å². The number of alkyl halides is 1. The molecule has 0 fully saturated rings. The van der Waals surface area contributed by atoms with Gasteiger partial charge in [-0.25, -0.2) is 4.98 Å². The van der Waals surface area contributed by atoms with Crippen LogP contribution in [0.2, 0.25) is 0 Å². The smallest absolute Gasteiger partial charge is 0.360 e. The van der Waals surface area contributed by atoms with E-state index in [1.165, 1.54) is 12.3 Å². The standard InChI is InChI=1S/C14H15ClN3O4P/c15-6-2-7-18-10-4-1-3-9(16)12(10)17-14(18)13-11(5-8-22-13)23(19,20)21/h1,3-5,8H,2,6-7,16H2,(H2,19,20,21). The number of halogens is 1. The van der Waals surface area contributed by atoms with Crippen LogP contribution in [0.15, 0.2) is 34.9 Å². The van der Waals surface area contributed by atoms with Gasteiger partial charge >= 0.3 is 7.60 Å². The van der Waals surface area contributed by atoms with Crippen LogP contribution in [-0.4, -0.2) is 25.2 Å². The van der Waals surface area contributed by atoms with E-state index in [0.717, 1.165) is 5.52 Å². The summed E-state index contributed by atoms with van der Waals surface area (Å²) in [6.45, 7) is 0.528. The van der Waals surface area contributed by atoms with Gasteiger partial charge in [0.1, 0.15) is 10.8 Å². The fourth-order valence-electron chi connectivity index (χ4n) is 2.49. The zero-order valence-electron chi connectivity index (χ0n) is 12.0. The first-order valence-electron chi connectivity index (χ1n) is 6.88. The van der Waals surface area contributed by atoms with Crippen molar-refractivity contribution >= 4 is 41.2 Å². The van der Waals surface area contributed by atoms with Gasteiger partial charge in [-0.15, -0.1) is 11.6 Å². The fourth-order valence-corrected chi connectivity index (χ4v) is 3.28. The maximum atomic E-state index is 11.6. The highest BCUT2D eigenvalue weighted by Gasteiger charge is 2.28. The number of hydrogen-bond donors (Lipinski definition) is 3. The van der Waals surface area contributed by atoms with E-state index in [-0.39, 0.29) is 11.1 Å². The summed E-state index contributed by atoms with van der Waals surface area (Å²) in [5, 5.41) is -0.196. The molecule has 0 aliphatic heterocycles. The number of para-hydroxylation sites is 1. The maximum Gasteiger partial charge on any atom is 0.360 e. The van der Waals surface area contributed by atoms with Crippen molar-refractivity contribution in [3.8, 4) is 11.6 Å². The number of rotatable bonds is 5. The molecule has 0 bridgehead atoms. The second kappa shape index (κ2) is 6.02. The van der Waals surface area contributed by atoms with Crippen LogP contribution in [0.1, 0.15) is 6.42 Å². The number of aryl methyl sites for hydroxylation is 1. The molecule has 1 aromatic carbocycles. The highest BCUT2D eigenvalue weighted by atomic mass is 35.5. The number of benzene rings is 1. The molecular weight excluding hydrogens is 341 g/mol. The van der Waals surface area contributed by atoms with E-state index in [1.54, 1.807) is 12.1 Å². The topological polar surface area (TPSA) is 115 Å². The molecule has 23 heavy (non-hydrogen) atoms. The molecule has 7 nitrogen and oxygen atoms in total. The first kappa shape index (κ1) is 16.1. The number of nitrogens with zero attached hydrogens (tertiary/aromatic N) is 2. The molecule has 0 saturated heterocycles. The van der Waals surface area contributed by atoms with Gasteiger partial charge in [-0.05, 0) is 24.6 Å². The zero-order valence-corrected chi connectivity index (χ0v) is 13.7. The second-order valence-corrected chi connectivity index (χ2v) is 6.97. The van der Waals surface area contributed by atoms with E-state index in [4.69, 9.17) is 21.8 Å². The van der Waals surface area contributed by atoms with E-state index in [1.807, 2.05) is 10.6 Å². The summed E-state index contributed by atoms with van der Waals surface area (Å²) in [6.07, 6.45) is 1.90. The van der Waals surface area contributed by atoms with Crippen LogP contribution in [-0.2, 0) is 11.1 Å². The van der Waals surface area contributed by atoms with E-state index < -0.39 is 7.60 Å². The summed E-state index contributed by atoms with van der Waals surface area (Å²) in [4.78, 5) is 23.4. The Bertz CT molecular complexity index is 899. The lowest BCUT2D eigenvalue weighted by atomic mass is 10.2. The number of anilines is 1. The number of furan rings is 1. The third kappa shape index (κ3) is 2.88. The second-order valence-electron chi connectivity index (χ2n) is 5.02. The van der Waals surface area contributed by atoms with Gasteiger partial charge in [0.25, 0.3) is 0 Å². The van der Waals surface area contributed by atoms with Crippen molar-refractivity contribution < 1.29 is 18.8 Å². The monoisotopic (exact) mass is 355 g/mol. The minimum atomic E-state index is -4.48. The SMILES string of the molecule is Nc1cccc2c1nc(-c1occc1P(=O)(O)O)n2CCCCl. The number of hydrogen-bond acceptors (Lipinski definition) is 4. The normalized spacial score (nSPS) is 12.1. The molecule has 122 valence electrons. The van der Waals surface area contributed by atoms with E-state index in [0.29, 0.717) is 35.9 Å². The fraction of sp³-hybridized carbons (Fsp3) is 0.214. The van der Waals surface area contributed by atoms with Crippen LogP contribution >= 0.6 is 19.2 Å². The number of nitrogen functional groups attached to an aromatic ring is 1. The largest absolute Gasteiger partial charge is 0.460 e. The van der Waals surface area contributed by atoms with Crippen molar-refractivity contribution in [1.82, 2.24) is 9.55 Å². The van der Waals surface area contributed by atoms with Gasteiger partial charge in [0.05, 0.1) is 17.5 Å². The lowest BCUT2D eigenvalue weighted by molar-refractivity contribution is 0.387. The summed E-state index contributed by atoms with van der Waals surface area (Å²) in [7, 11) is -4.48. The molecule has 9 heteroatoms. The summed E-state index contributed by atoms with van der Waals surface area (Å²) >= 11 is 5.78. The van der Waals surface area contributed by atoms with Crippen molar-refractivity contribution in [1.29, 1.82) is 0 Å². The minimum Gasteiger partial charge on any atom is -0.460 e. The molecule has 0 radical (unpaired) electrons. The maximum absolute atomic E-state index is 11.6. The molecule has 4 N–H and O–H groups in total. The number of aromatic nitrogens is 2. The Kier molecular flexibility index (Phi) is 4.21. The predicted octanol–water partition coefficient (Wildman–Crippen LogP) is 2.31. The molecule has 0 aliphatic rings. The van der Waals surface area contributed by atoms with Crippen LogP contribution < -0.4 is 11.0 Å². The average Bonchev–Trinajstić information content (AvgIpc) is 3.09. The third-order valence-corrected chi connectivity index (χ3v) is 4.73. The Morgan fingerprint density at radius 1 is 1.35 bits per heavy atom. The van der Waals surface area contributed by atoms with Gasteiger partial charge in [0.2, 0.25) is 0 Å². The molecule has 0 atom stereocenters. The van der Waals surface area contributed by atoms with Crippen molar-refractivity contribution in [3.63, 3.8) is 0 Å². The molecule has 0 amide bonds.